The number of methoxy groups -OCH3 is 1. The van der Waals surface area contributed by atoms with Crippen LogP contribution in [0.4, 0.5) is 17.6 Å². The second-order valence-corrected chi connectivity index (χ2v) is 7.64. The van der Waals surface area contributed by atoms with E-state index in [-0.39, 0.29) is 11.1 Å². The highest BCUT2D eigenvalue weighted by Crippen LogP contribution is 2.34. The Bertz CT molecular complexity index is 921. The molecule has 2 aromatic carbocycles. The summed E-state index contributed by atoms with van der Waals surface area (Å²) in [5, 5.41) is 2.72. The average molecular weight is 425 g/mol. The Morgan fingerprint density at radius 3 is 2.20 bits per heavy atom. The van der Waals surface area contributed by atoms with Gasteiger partial charge in [-0.15, -0.1) is 0 Å². The van der Waals surface area contributed by atoms with Crippen molar-refractivity contribution < 1.29 is 31.9 Å². The molecule has 4 nitrogen and oxygen atoms in total. The van der Waals surface area contributed by atoms with Gasteiger partial charge in [0.25, 0.3) is 5.91 Å². The van der Waals surface area contributed by atoms with Gasteiger partial charge in [0.15, 0.2) is 0 Å². The fourth-order valence-electron chi connectivity index (χ4n) is 3.14. The molecule has 0 aliphatic rings. The van der Waals surface area contributed by atoms with Crippen LogP contribution in [-0.2, 0) is 10.2 Å². The number of benzene rings is 2. The molecule has 1 amide bonds. The molecule has 0 heterocycles. The molecule has 0 saturated carbocycles. The van der Waals surface area contributed by atoms with Crippen LogP contribution in [-0.4, -0.2) is 25.0 Å². The van der Waals surface area contributed by atoms with Crippen LogP contribution in [0.15, 0.2) is 42.5 Å². The van der Waals surface area contributed by atoms with Gasteiger partial charge in [0.05, 0.1) is 13.2 Å². The van der Waals surface area contributed by atoms with Crippen molar-refractivity contribution >= 4 is 11.7 Å². The summed E-state index contributed by atoms with van der Waals surface area (Å²) in [6.45, 7) is 4.54. The molecule has 0 aliphatic heterocycles. The number of nitrogens with one attached hydrogen (secondary N) is 1. The van der Waals surface area contributed by atoms with Gasteiger partial charge >= 0.3 is 6.18 Å². The highest BCUT2D eigenvalue weighted by Gasteiger charge is 2.42. The number of hydrogen-bond acceptors (Lipinski definition) is 3. The molecule has 1 N–H and O–H groups in total. The zero-order valence-corrected chi connectivity index (χ0v) is 17.1. The minimum absolute atomic E-state index is 0.115. The number of halogens is 4. The van der Waals surface area contributed by atoms with Crippen molar-refractivity contribution in [3.63, 3.8) is 0 Å². The predicted octanol–water partition coefficient (Wildman–Crippen LogP) is 5.12. The molecular formula is C22H23F4NO3. The Labute approximate surface area is 172 Å². The lowest BCUT2D eigenvalue weighted by atomic mass is 9.77. The number of Topliss-reactive ketones (excluding diaryl/α,β-unsaturated/α-hetero) is 1. The van der Waals surface area contributed by atoms with Gasteiger partial charge < -0.3 is 10.1 Å². The topological polar surface area (TPSA) is 55.4 Å². The molecule has 30 heavy (non-hydrogen) atoms. The minimum atomic E-state index is -4.98. The van der Waals surface area contributed by atoms with Gasteiger partial charge in [-0.05, 0) is 47.7 Å². The first-order valence-electron chi connectivity index (χ1n) is 9.20. The minimum Gasteiger partial charge on any atom is -0.497 e. The van der Waals surface area contributed by atoms with E-state index in [9.17, 15) is 27.2 Å². The lowest BCUT2D eigenvalue weighted by Crippen LogP contribution is -2.34. The lowest BCUT2D eigenvalue weighted by Gasteiger charge is -2.28. The first kappa shape index (κ1) is 23.4. The van der Waals surface area contributed by atoms with Crippen LogP contribution in [0.1, 0.15) is 54.7 Å². The quantitative estimate of drug-likeness (QED) is 0.626. The maximum absolute atomic E-state index is 13.9. The Morgan fingerprint density at radius 2 is 1.67 bits per heavy atom. The highest BCUT2D eigenvalue weighted by atomic mass is 19.4. The molecular weight excluding hydrogens is 402 g/mol. The van der Waals surface area contributed by atoms with Gasteiger partial charge in [0, 0.05) is 12.0 Å². The fourth-order valence-corrected chi connectivity index (χ4v) is 3.14. The second kappa shape index (κ2) is 8.85. The maximum atomic E-state index is 13.9. The predicted molar refractivity (Wildman–Crippen MR) is 104 cm³/mol. The van der Waals surface area contributed by atoms with Gasteiger partial charge in [-0.1, -0.05) is 32.0 Å². The van der Waals surface area contributed by atoms with E-state index < -0.39 is 41.6 Å². The number of alkyl halides is 3. The summed E-state index contributed by atoms with van der Waals surface area (Å²) in [7, 11) is 1.52. The summed E-state index contributed by atoms with van der Waals surface area (Å²) in [5.74, 6) is -2.63. The molecule has 0 aliphatic carbocycles. The van der Waals surface area contributed by atoms with Crippen molar-refractivity contribution in [3.05, 3.63) is 65.0 Å². The molecule has 162 valence electrons. The lowest BCUT2D eigenvalue weighted by molar-refractivity contribution is -0.172. The summed E-state index contributed by atoms with van der Waals surface area (Å²) < 4.78 is 57.1. The highest BCUT2D eigenvalue weighted by molar-refractivity contribution is 5.96. The van der Waals surface area contributed by atoms with Crippen molar-refractivity contribution in [2.75, 3.05) is 7.11 Å². The Balaban J connectivity index is 2.30. The first-order chi connectivity index (χ1) is 13.8. The molecule has 2 aromatic rings. The molecule has 8 heteroatoms. The van der Waals surface area contributed by atoms with Crippen molar-refractivity contribution in [1.29, 1.82) is 0 Å². The van der Waals surface area contributed by atoms with E-state index in [0.29, 0.717) is 5.75 Å². The maximum Gasteiger partial charge on any atom is 0.450 e. The molecule has 0 radical (unpaired) electrons. The van der Waals surface area contributed by atoms with E-state index in [2.05, 4.69) is 5.32 Å². The smallest absolute Gasteiger partial charge is 0.450 e. The van der Waals surface area contributed by atoms with E-state index in [0.717, 1.165) is 17.7 Å². The average Bonchev–Trinajstić information content (AvgIpc) is 2.66. The van der Waals surface area contributed by atoms with Crippen LogP contribution < -0.4 is 10.1 Å². The summed E-state index contributed by atoms with van der Waals surface area (Å²) in [4.78, 5) is 24.4. The van der Waals surface area contributed by atoms with E-state index in [4.69, 9.17) is 4.74 Å². The van der Waals surface area contributed by atoms with Crippen molar-refractivity contribution in [3.8, 4) is 5.75 Å². The fraction of sp³-hybridized carbons (Fsp3) is 0.364. The second-order valence-electron chi connectivity index (χ2n) is 7.64. The third-order valence-corrected chi connectivity index (χ3v) is 4.84. The summed E-state index contributed by atoms with van der Waals surface area (Å²) >= 11 is 0. The SMILES string of the molecule is COc1ccc(C(C)NC(=O)c2cc(F)ccc2C(C)(C)CC(=O)C(F)(F)F)cc1. The zero-order valence-electron chi connectivity index (χ0n) is 17.1. The summed E-state index contributed by atoms with van der Waals surface area (Å²) in [5.41, 5.74) is -0.541. The normalized spacial score (nSPS) is 12.9. The molecule has 0 aromatic heterocycles. The summed E-state index contributed by atoms with van der Waals surface area (Å²) in [6, 6.07) is 9.74. The number of carbonyl (C=O) groups excluding carboxylic acids is 2. The Kier molecular flexibility index (Phi) is 6.90. The molecule has 0 spiro atoms. The van der Waals surface area contributed by atoms with Crippen LogP contribution in [0.25, 0.3) is 0 Å². The number of amides is 1. The molecule has 2 rings (SSSR count). The van der Waals surface area contributed by atoms with Gasteiger partial charge in [-0.25, -0.2) is 4.39 Å². The van der Waals surface area contributed by atoms with Gasteiger partial charge in [0.2, 0.25) is 5.78 Å². The zero-order chi connectivity index (χ0) is 22.7. The van der Waals surface area contributed by atoms with Gasteiger partial charge in [-0.3, -0.25) is 9.59 Å². The van der Waals surface area contributed by atoms with E-state index in [1.54, 1.807) is 31.2 Å². The summed E-state index contributed by atoms with van der Waals surface area (Å²) in [6.07, 6.45) is -5.85. The van der Waals surface area contributed by atoms with Crippen LogP contribution in [0.2, 0.25) is 0 Å². The van der Waals surface area contributed by atoms with Crippen molar-refractivity contribution in [2.45, 2.75) is 44.8 Å². The number of rotatable bonds is 7. The van der Waals surface area contributed by atoms with Crippen LogP contribution in [0, 0.1) is 5.82 Å². The monoisotopic (exact) mass is 425 g/mol. The third kappa shape index (κ3) is 5.58. The largest absolute Gasteiger partial charge is 0.497 e. The molecule has 0 bridgehead atoms. The van der Waals surface area contributed by atoms with Crippen LogP contribution >= 0.6 is 0 Å². The van der Waals surface area contributed by atoms with Crippen molar-refractivity contribution in [1.82, 2.24) is 5.32 Å². The number of carbonyl (C=O) groups is 2. The van der Waals surface area contributed by atoms with Gasteiger partial charge in [-0.2, -0.15) is 13.2 Å². The van der Waals surface area contributed by atoms with Crippen LogP contribution in [0.5, 0.6) is 5.75 Å². The first-order valence-corrected chi connectivity index (χ1v) is 9.20. The van der Waals surface area contributed by atoms with E-state index in [1.807, 2.05) is 0 Å². The van der Waals surface area contributed by atoms with Crippen LogP contribution in [0.3, 0.4) is 0 Å². The Hall–Kier alpha value is -2.90. The Morgan fingerprint density at radius 1 is 1.07 bits per heavy atom. The standard InChI is InChI=1S/C22H23F4NO3/c1-13(14-5-8-16(30-4)9-6-14)27-20(29)17-11-15(23)7-10-18(17)21(2,3)12-19(28)22(24,25)26/h5-11,13H,12H2,1-4H3,(H,27,29). The van der Waals surface area contributed by atoms with E-state index in [1.165, 1.54) is 27.0 Å². The van der Waals surface area contributed by atoms with E-state index >= 15 is 0 Å². The number of ketones is 1. The number of hydrogen-bond donors (Lipinski definition) is 1. The van der Waals surface area contributed by atoms with Crippen molar-refractivity contribution in [2.24, 2.45) is 0 Å². The molecule has 0 fully saturated rings. The third-order valence-electron chi connectivity index (χ3n) is 4.84. The van der Waals surface area contributed by atoms with Gasteiger partial charge in [0.1, 0.15) is 11.6 Å². The number of ether oxygens (including phenoxy) is 1. The molecule has 1 atom stereocenters. The molecule has 0 saturated heterocycles. The molecule has 1 unspecified atom stereocenters.